The molecule has 0 atom stereocenters. The maximum atomic E-state index is 13.6. The summed E-state index contributed by atoms with van der Waals surface area (Å²) in [5.74, 6) is 0.620. The van der Waals surface area contributed by atoms with E-state index in [0.717, 1.165) is 96.0 Å². The molecule has 2 fully saturated rings. The van der Waals surface area contributed by atoms with Crippen molar-refractivity contribution >= 4 is 28.3 Å². The van der Waals surface area contributed by atoms with Crippen LogP contribution in [0, 0.1) is 6.92 Å². The van der Waals surface area contributed by atoms with Crippen LogP contribution in [0.4, 0.5) is 16.3 Å². The Morgan fingerprint density at radius 2 is 1.70 bits per heavy atom. The molecule has 9 nitrogen and oxygen atoms in total. The Balaban J connectivity index is 1.13. The molecule has 1 saturated heterocycles. The SMILES string of the molecule is Cc1ccc(-n2nc(C3(C)CCCCC3)cc2NC(=O)Nc2ccc(-c3ccc(CN4CCOCC4)nc3)c3ccccc23)cn1. The van der Waals surface area contributed by atoms with Gasteiger partial charge in [0.25, 0.3) is 0 Å². The average Bonchev–Trinajstić information content (AvgIpc) is 3.51. The quantitative estimate of drug-likeness (QED) is 0.197. The monoisotopic (exact) mass is 615 g/mol. The first-order chi connectivity index (χ1) is 22.4. The van der Waals surface area contributed by atoms with Gasteiger partial charge in [-0.05, 0) is 55.0 Å². The number of ether oxygens (including phenoxy) is 1. The van der Waals surface area contributed by atoms with Crippen LogP contribution in [0.3, 0.4) is 0 Å². The highest BCUT2D eigenvalue weighted by Crippen LogP contribution is 2.40. The molecule has 3 aromatic heterocycles. The van der Waals surface area contributed by atoms with Crippen molar-refractivity contribution in [2.75, 3.05) is 36.9 Å². The molecule has 0 spiro atoms. The lowest BCUT2D eigenvalue weighted by molar-refractivity contribution is 0.0336. The topological polar surface area (TPSA) is 97.2 Å². The molecule has 5 aromatic rings. The first kappa shape index (κ1) is 30.1. The third kappa shape index (κ3) is 6.38. The number of morpholine rings is 1. The predicted octanol–water partition coefficient (Wildman–Crippen LogP) is 7.49. The summed E-state index contributed by atoms with van der Waals surface area (Å²) >= 11 is 0. The summed E-state index contributed by atoms with van der Waals surface area (Å²) in [6.07, 6.45) is 9.57. The lowest BCUT2D eigenvalue weighted by Crippen LogP contribution is -2.35. The Labute approximate surface area is 270 Å². The number of hydrogen-bond acceptors (Lipinski definition) is 6. The average molecular weight is 616 g/mol. The van der Waals surface area contributed by atoms with E-state index < -0.39 is 0 Å². The van der Waals surface area contributed by atoms with E-state index in [-0.39, 0.29) is 11.4 Å². The molecule has 2 aromatic carbocycles. The number of urea groups is 1. The highest BCUT2D eigenvalue weighted by Gasteiger charge is 2.32. The summed E-state index contributed by atoms with van der Waals surface area (Å²) in [7, 11) is 0. The van der Waals surface area contributed by atoms with Gasteiger partial charge in [-0.1, -0.05) is 62.6 Å². The number of aryl methyl sites for hydroxylation is 1. The lowest BCUT2D eigenvalue weighted by atomic mass is 9.73. The first-order valence-electron chi connectivity index (χ1n) is 16.3. The van der Waals surface area contributed by atoms with Crippen molar-refractivity contribution in [1.29, 1.82) is 0 Å². The third-order valence-corrected chi connectivity index (χ3v) is 9.46. The summed E-state index contributed by atoms with van der Waals surface area (Å²) < 4.78 is 7.28. The van der Waals surface area contributed by atoms with E-state index in [1.165, 1.54) is 19.3 Å². The van der Waals surface area contributed by atoms with Crippen molar-refractivity contribution in [3.05, 3.63) is 96.2 Å². The number of pyridine rings is 2. The van der Waals surface area contributed by atoms with Crippen LogP contribution in [0.5, 0.6) is 0 Å². The number of fused-ring (bicyclic) bond motifs is 1. The van der Waals surface area contributed by atoms with Gasteiger partial charge in [-0.2, -0.15) is 5.10 Å². The summed E-state index contributed by atoms with van der Waals surface area (Å²) in [6.45, 7) is 8.49. The van der Waals surface area contributed by atoms with Crippen molar-refractivity contribution in [1.82, 2.24) is 24.6 Å². The minimum Gasteiger partial charge on any atom is -0.379 e. The summed E-state index contributed by atoms with van der Waals surface area (Å²) in [5.41, 5.74) is 6.61. The predicted molar refractivity (Wildman–Crippen MR) is 182 cm³/mol. The highest BCUT2D eigenvalue weighted by molar-refractivity contribution is 6.09. The van der Waals surface area contributed by atoms with Gasteiger partial charge in [0, 0.05) is 54.0 Å². The van der Waals surface area contributed by atoms with Crippen LogP contribution in [0.2, 0.25) is 0 Å². The minimum absolute atomic E-state index is 0.0177. The number of benzene rings is 2. The van der Waals surface area contributed by atoms with E-state index in [2.05, 4.69) is 51.7 Å². The van der Waals surface area contributed by atoms with Crippen LogP contribution in [0.25, 0.3) is 27.6 Å². The molecule has 9 heteroatoms. The summed E-state index contributed by atoms with van der Waals surface area (Å²) in [6, 6.07) is 22.1. The van der Waals surface area contributed by atoms with Gasteiger partial charge >= 0.3 is 6.03 Å². The molecule has 0 unspecified atom stereocenters. The Hall–Kier alpha value is -4.60. The number of aromatic nitrogens is 4. The molecule has 46 heavy (non-hydrogen) atoms. The molecule has 4 heterocycles. The Bertz CT molecular complexity index is 1820. The smallest absolute Gasteiger partial charge is 0.324 e. The standard InChI is InChI=1S/C37H41N7O2/c1-26-10-13-29(24-38-26)44-35(22-34(42-44)37(2)16-6-3-7-17-37)41-36(45)40-33-15-14-30(31-8-4-5-9-32(31)33)27-11-12-28(39-23-27)25-43-18-20-46-21-19-43/h4-5,8-15,22-24H,3,6-7,16-21,25H2,1-2H3,(H2,40,41,45). The number of carbonyl (C=O) groups is 1. The molecular formula is C37H41N7O2. The Morgan fingerprint density at radius 1 is 0.891 bits per heavy atom. The van der Waals surface area contributed by atoms with Crippen molar-refractivity contribution in [3.63, 3.8) is 0 Å². The minimum atomic E-state index is -0.325. The third-order valence-electron chi connectivity index (χ3n) is 9.46. The van der Waals surface area contributed by atoms with Crippen molar-refractivity contribution < 1.29 is 9.53 Å². The first-order valence-corrected chi connectivity index (χ1v) is 16.3. The highest BCUT2D eigenvalue weighted by atomic mass is 16.5. The van der Waals surface area contributed by atoms with Crippen LogP contribution in [0.1, 0.15) is 56.1 Å². The Morgan fingerprint density at radius 3 is 2.43 bits per heavy atom. The van der Waals surface area contributed by atoms with Gasteiger partial charge in [0.05, 0.1) is 42.2 Å². The zero-order valence-electron chi connectivity index (χ0n) is 26.6. The fourth-order valence-corrected chi connectivity index (χ4v) is 6.73. The van der Waals surface area contributed by atoms with Crippen molar-refractivity contribution in [3.8, 4) is 16.8 Å². The number of anilines is 2. The van der Waals surface area contributed by atoms with Gasteiger partial charge in [-0.25, -0.2) is 9.48 Å². The van der Waals surface area contributed by atoms with Gasteiger partial charge in [0.2, 0.25) is 0 Å². The zero-order chi connectivity index (χ0) is 31.5. The summed E-state index contributed by atoms with van der Waals surface area (Å²) in [4.78, 5) is 25.2. The van der Waals surface area contributed by atoms with E-state index in [0.29, 0.717) is 5.82 Å². The summed E-state index contributed by atoms with van der Waals surface area (Å²) in [5, 5.41) is 13.2. The second-order valence-corrected chi connectivity index (χ2v) is 12.8. The molecule has 2 amide bonds. The van der Waals surface area contributed by atoms with Crippen LogP contribution < -0.4 is 10.6 Å². The molecule has 7 rings (SSSR count). The van der Waals surface area contributed by atoms with Crippen LogP contribution in [-0.2, 0) is 16.7 Å². The van der Waals surface area contributed by atoms with Gasteiger partial charge in [0.1, 0.15) is 5.82 Å². The number of rotatable bonds is 7. The van der Waals surface area contributed by atoms with E-state index in [1.54, 1.807) is 10.9 Å². The molecule has 1 saturated carbocycles. The van der Waals surface area contributed by atoms with Crippen molar-refractivity contribution in [2.24, 2.45) is 0 Å². The molecule has 0 bridgehead atoms. The van der Waals surface area contributed by atoms with Crippen LogP contribution >= 0.6 is 0 Å². The molecule has 1 aliphatic carbocycles. The number of hydrogen-bond donors (Lipinski definition) is 2. The maximum Gasteiger partial charge on any atom is 0.324 e. The van der Waals surface area contributed by atoms with Crippen LogP contribution in [-0.4, -0.2) is 57.0 Å². The van der Waals surface area contributed by atoms with E-state index in [1.807, 2.05) is 55.6 Å². The second kappa shape index (κ2) is 13.0. The van der Waals surface area contributed by atoms with Gasteiger partial charge in [-0.3, -0.25) is 20.2 Å². The Kier molecular flexibility index (Phi) is 8.51. The van der Waals surface area contributed by atoms with E-state index in [9.17, 15) is 4.79 Å². The number of carbonyl (C=O) groups excluding carboxylic acids is 1. The second-order valence-electron chi connectivity index (χ2n) is 12.8. The van der Waals surface area contributed by atoms with Crippen molar-refractivity contribution in [2.45, 2.75) is 57.9 Å². The van der Waals surface area contributed by atoms with E-state index >= 15 is 0 Å². The fourth-order valence-electron chi connectivity index (χ4n) is 6.73. The van der Waals surface area contributed by atoms with E-state index in [4.69, 9.17) is 14.8 Å². The molecule has 236 valence electrons. The lowest BCUT2D eigenvalue weighted by Gasteiger charge is -2.31. The maximum absolute atomic E-state index is 13.6. The van der Waals surface area contributed by atoms with Gasteiger partial charge in [-0.15, -0.1) is 0 Å². The molecule has 0 radical (unpaired) electrons. The number of amides is 2. The molecular weight excluding hydrogens is 574 g/mol. The molecule has 1 aliphatic heterocycles. The fraction of sp³-hybridized carbons (Fsp3) is 0.351. The molecule has 2 N–H and O–H groups in total. The number of nitrogens with one attached hydrogen (secondary N) is 2. The normalized spacial score (nSPS) is 16.7. The van der Waals surface area contributed by atoms with Gasteiger partial charge in [0.15, 0.2) is 0 Å². The number of nitrogens with zero attached hydrogens (tertiary/aromatic N) is 5. The largest absolute Gasteiger partial charge is 0.379 e. The van der Waals surface area contributed by atoms with Crippen LogP contribution in [0.15, 0.2) is 79.1 Å². The van der Waals surface area contributed by atoms with Gasteiger partial charge < -0.3 is 10.1 Å². The zero-order valence-corrected chi connectivity index (χ0v) is 26.6. The molecule has 2 aliphatic rings.